The van der Waals surface area contributed by atoms with Crippen LogP contribution in [0.5, 0.6) is 11.6 Å². The van der Waals surface area contributed by atoms with Crippen molar-refractivity contribution in [2.75, 3.05) is 0 Å². The van der Waals surface area contributed by atoms with Crippen LogP contribution in [0.1, 0.15) is 5.56 Å². The van der Waals surface area contributed by atoms with Crippen LogP contribution in [0.25, 0.3) is 0 Å². The highest BCUT2D eigenvalue weighted by atomic mass is 35.5. The fraction of sp³-hybridized carbons (Fsp3) is 0. The van der Waals surface area contributed by atoms with Crippen LogP contribution in [-0.2, 0) is 0 Å². The van der Waals surface area contributed by atoms with E-state index in [4.69, 9.17) is 33.2 Å². The SMILES string of the molecule is N#Cc1ccnc(Oc2cc(Cl)c(Cl)cc2[N+](=O)[O-])c1. The van der Waals surface area contributed by atoms with Gasteiger partial charge < -0.3 is 4.74 Å². The maximum Gasteiger partial charge on any atom is 0.313 e. The molecule has 0 amide bonds. The number of nitro benzene ring substituents is 1. The van der Waals surface area contributed by atoms with Gasteiger partial charge in [-0.15, -0.1) is 0 Å². The van der Waals surface area contributed by atoms with E-state index in [0.717, 1.165) is 6.07 Å². The summed E-state index contributed by atoms with van der Waals surface area (Å²) < 4.78 is 5.30. The van der Waals surface area contributed by atoms with Crippen LogP contribution in [0, 0.1) is 21.4 Å². The van der Waals surface area contributed by atoms with Crippen molar-refractivity contribution in [3.63, 3.8) is 0 Å². The van der Waals surface area contributed by atoms with Crippen LogP contribution in [0.15, 0.2) is 30.5 Å². The van der Waals surface area contributed by atoms with Crippen LogP contribution >= 0.6 is 23.2 Å². The highest BCUT2D eigenvalue weighted by Crippen LogP contribution is 2.37. The minimum atomic E-state index is -0.647. The average Bonchev–Trinajstić information content (AvgIpc) is 2.42. The number of nitriles is 1. The molecule has 1 heterocycles. The molecule has 0 radical (unpaired) electrons. The Kier molecular flexibility index (Phi) is 4.03. The molecule has 6 nitrogen and oxygen atoms in total. The average molecular weight is 310 g/mol. The maximum atomic E-state index is 10.9. The molecule has 0 spiro atoms. The predicted octanol–water partition coefficient (Wildman–Crippen LogP) is 3.96. The fourth-order valence-corrected chi connectivity index (χ4v) is 1.70. The number of ether oxygens (including phenoxy) is 1. The molecule has 0 unspecified atom stereocenters. The normalized spacial score (nSPS) is 9.85. The summed E-state index contributed by atoms with van der Waals surface area (Å²) in [7, 11) is 0. The highest BCUT2D eigenvalue weighted by Gasteiger charge is 2.19. The molecule has 2 aromatic rings. The van der Waals surface area contributed by atoms with Crippen LogP contribution < -0.4 is 4.74 Å². The molecule has 0 aliphatic heterocycles. The van der Waals surface area contributed by atoms with E-state index in [1.165, 1.54) is 24.4 Å². The molecule has 0 aliphatic rings. The Morgan fingerprint density at radius 1 is 1.30 bits per heavy atom. The minimum absolute atomic E-state index is 0.0458. The summed E-state index contributed by atoms with van der Waals surface area (Å²) in [6.07, 6.45) is 1.36. The van der Waals surface area contributed by atoms with Crippen molar-refractivity contribution in [2.24, 2.45) is 0 Å². The summed E-state index contributed by atoms with van der Waals surface area (Å²) in [6, 6.07) is 7.06. The van der Waals surface area contributed by atoms with Gasteiger partial charge in [0, 0.05) is 24.4 Å². The molecule has 0 fully saturated rings. The lowest BCUT2D eigenvalue weighted by Crippen LogP contribution is -1.95. The summed E-state index contributed by atoms with van der Waals surface area (Å²) in [5.74, 6) is -0.0578. The second-order valence-electron chi connectivity index (χ2n) is 3.59. The minimum Gasteiger partial charge on any atom is -0.432 e. The maximum absolute atomic E-state index is 10.9. The number of nitro groups is 1. The fourth-order valence-electron chi connectivity index (χ4n) is 1.39. The van der Waals surface area contributed by atoms with Gasteiger partial charge in [-0.1, -0.05) is 23.2 Å². The third-order valence-electron chi connectivity index (χ3n) is 2.28. The predicted molar refractivity (Wildman–Crippen MR) is 72.1 cm³/mol. The van der Waals surface area contributed by atoms with E-state index in [-0.39, 0.29) is 27.4 Å². The van der Waals surface area contributed by atoms with Gasteiger partial charge in [0.25, 0.3) is 0 Å². The number of rotatable bonds is 3. The van der Waals surface area contributed by atoms with Gasteiger partial charge in [-0.25, -0.2) is 4.98 Å². The number of hydrogen-bond donors (Lipinski definition) is 0. The van der Waals surface area contributed by atoms with Crippen molar-refractivity contribution < 1.29 is 9.66 Å². The van der Waals surface area contributed by atoms with Crippen molar-refractivity contribution in [1.82, 2.24) is 4.98 Å². The number of halogens is 2. The zero-order valence-corrected chi connectivity index (χ0v) is 11.2. The first kappa shape index (κ1) is 14.1. The van der Waals surface area contributed by atoms with Gasteiger partial charge in [0.15, 0.2) is 0 Å². The van der Waals surface area contributed by atoms with Gasteiger partial charge in [0.2, 0.25) is 11.6 Å². The molecule has 0 saturated heterocycles. The van der Waals surface area contributed by atoms with E-state index in [0.29, 0.717) is 5.56 Å². The molecule has 20 heavy (non-hydrogen) atoms. The second-order valence-corrected chi connectivity index (χ2v) is 4.40. The van der Waals surface area contributed by atoms with Crippen LogP contribution in [0.3, 0.4) is 0 Å². The first-order valence-corrected chi connectivity index (χ1v) is 5.94. The van der Waals surface area contributed by atoms with E-state index in [2.05, 4.69) is 4.98 Å². The summed E-state index contributed by atoms with van der Waals surface area (Å²) in [6.45, 7) is 0. The number of benzene rings is 1. The molecule has 0 aliphatic carbocycles. The van der Waals surface area contributed by atoms with Crippen molar-refractivity contribution in [3.8, 4) is 17.7 Å². The largest absolute Gasteiger partial charge is 0.432 e. The molecule has 2 rings (SSSR count). The molecule has 1 aromatic carbocycles. The van der Waals surface area contributed by atoms with E-state index < -0.39 is 4.92 Å². The lowest BCUT2D eigenvalue weighted by Gasteiger charge is -2.06. The van der Waals surface area contributed by atoms with E-state index >= 15 is 0 Å². The van der Waals surface area contributed by atoms with Crippen molar-refractivity contribution in [2.45, 2.75) is 0 Å². The molecule has 8 heteroatoms. The Labute approximate surface area is 123 Å². The highest BCUT2D eigenvalue weighted by molar-refractivity contribution is 6.42. The number of nitrogens with zero attached hydrogens (tertiary/aromatic N) is 3. The lowest BCUT2D eigenvalue weighted by molar-refractivity contribution is -0.385. The quantitative estimate of drug-likeness (QED) is 0.632. The molecule has 100 valence electrons. The Hall–Kier alpha value is -2.36. The van der Waals surface area contributed by atoms with E-state index in [1.54, 1.807) is 0 Å². The lowest BCUT2D eigenvalue weighted by atomic mass is 10.3. The number of aromatic nitrogens is 1. The van der Waals surface area contributed by atoms with E-state index in [1.807, 2.05) is 6.07 Å². The zero-order chi connectivity index (χ0) is 14.7. The van der Waals surface area contributed by atoms with Gasteiger partial charge in [0.05, 0.1) is 26.6 Å². The Bertz CT molecular complexity index is 728. The molecule has 0 N–H and O–H groups in total. The number of hydrogen-bond acceptors (Lipinski definition) is 5. The van der Waals surface area contributed by atoms with Gasteiger partial charge in [-0.3, -0.25) is 10.1 Å². The van der Waals surface area contributed by atoms with Crippen LogP contribution in [0.2, 0.25) is 10.0 Å². The number of pyridine rings is 1. The van der Waals surface area contributed by atoms with Crippen molar-refractivity contribution in [1.29, 1.82) is 5.26 Å². The topological polar surface area (TPSA) is 89.0 Å². The molecule has 0 atom stereocenters. The Morgan fingerprint density at radius 2 is 2.00 bits per heavy atom. The Morgan fingerprint density at radius 3 is 2.65 bits per heavy atom. The summed E-state index contributed by atoms with van der Waals surface area (Å²) in [5.41, 5.74) is -0.0266. The zero-order valence-electron chi connectivity index (χ0n) is 9.71. The summed E-state index contributed by atoms with van der Waals surface area (Å²) >= 11 is 11.5. The van der Waals surface area contributed by atoms with Gasteiger partial charge in [-0.05, 0) is 6.07 Å². The molecule has 0 bridgehead atoms. The second kappa shape index (κ2) is 5.74. The standard InChI is InChI=1S/C12H5Cl2N3O3/c13-8-4-10(17(18)19)11(5-9(8)14)20-12-3-7(6-15)1-2-16-12/h1-5H. The molecular formula is C12H5Cl2N3O3. The summed E-state index contributed by atoms with van der Waals surface area (Å²) in [5, 5.41) is 19.9. The Balaban J connectivity index is 2.45. The third kappa shape index (κ3) is 2.96. The van der Waals surface area contributed by atoms with E-state index in [9.17, 15) is 10.1 Å². The van der Waals surface area contributed by atoms with Gasteiger partial charge in [-0.2, -0.15) is 5.26 Å². The summed E-state index contributed by atoms with van der Waals surface area (Å²) in [4.78, 5) is 14.2. The first-order chi connectivity index (χ1) is 9.51. The smallest absolute Gasteiger partial charge is 0.313 e. The van der Waals surface area contributed by atoms with Gasteiger partial charge in [0.1, 0.15) is 0 Å². The van der Waals surface area contributed by atoms with Crippen LogP contribution in [0.4, 0.5) is 5.69 Å². The van der Waals surface area contributed by atoms with Crippen molar-refractivity contribution in [3.05, 3.63) is 56.2 Å². The first-order valence-electron chi connectivity index (χ1n) is 5.18. The van der Waals surface area contributed by atoms with Gasteiger partial charge >= 0.3 is 5.69 Å². The molecule has 1 aromatic heterocycles. The monoisotopic (exact) mass is 309 g/mol. The van der Waals surface area contributed by atoms with Crippen molar-refractivity contribution >= 4 is 28.9 Å². The third-order valence-corrected chi connectivity index (χ3v) is 3.00. The molecule has 0 saturated carbocycles. The van der Waals surface area contributed by atoms with Crippen LogP contribution in [-0.4, -0.2) is 9.91 Å². The molecular weight excluding hydrogens is 305 g/mol.